The smallest absolute Gasteiger partial charge is 0.252 e. The molecule has 0 aliphatic carbocycles. The highest BCUT2D eigenvalue weighted by Crippen LogP contribution is 2.25. The molecule has 0 atom stereocenters. The second-order valence-electron chi connectivity index (χ2n) is 7.23. The molecule has 0 bridgehead atoms. The van der Waals surface area contributed by atoms with Gasteiger partial charge in [-0.15, -0.1) is 11.3 Å². The van der Waals surface area contributed by atoms with Crippen molar-refractivity contribution in [3.8, 4) is 0 Å². The van der Waals surface area contributed by atoms with Gasteiger partial charge in [-0.2, -0.15) is 0 Å². The Kier molecular flexibility index (Phi) is 6.70. The summed E-state index contributed by atoms with van der Waals surface area (Å²) in [7, 11) is 6.15. The van der Waals surface area contributed by atoms with Gasteiger partial charge in [-0.1, -0.05) is 13.0 Å². The number of hydrogen-bond donors (Lipinski definition) is 1. The van der Waals surface area contributed by atoms with E-state index in [1.165, 1.54) is 4.88 Å². The van der Waals surface area contributed by atoms with Gasteiger partial charge in [0.15, 0.2) is 0 Å². The van der Waals surface area contributed by atoms with E-state index in [2.05, 4.69) is 46.6 Å². The molecule has 3 aromatic rings. The largest absolute Gasteiger partial charge is 0.354 e. The molecule has 1 amide bonds. The number of amides is 1. The van der Waals surface area contributed by atoms with Crippen molar-refractivity contribution in [1.82, 2.24) is 19.6 Å². The Morgan fingerprint density at radius 1 is 1.25 bits per heavy atom. The number of fused-ring (bicyclic) bond motifs is 1. The fourth-order valence-corrected chi connectivity index (χ4v) is 4.02. The van der Waals surface area contributed by atoms with E-state index < -0.39 is 0 Å². The van der Waals surface area contributed by atoms with Gasteiger partial charge in [-0.3, -0.25) is 9.20 Å². The fourth-order valence-electron chi connectivity index (χ4n) is 3.27. The maximum absolute atomic E-state index is 12.6. The minimum absolute atomic E-state index is 0.0423. The van der Waals surface area contributed by atoms with Crippen LogP contribution in [0.3, 0.4) is 0 Å². The van der Waals surface area contributed by atoms with Crippen LogP contribution in [0, 0.1) is 0 Å². The molecule has 0 radical (unpaired) electrons. The van der Waals surface area contributed by atoms with Gasteiger partial charge in [-0.25, -0.2) is 4.98 Å². The van der Waals surface area contributed by atoms with Crippen LogP contribution in [0.25, 0.3) is 5.65 Å². The molecule has 1 N–H and O–H groups in total. The van der Waals surface area contributed by atoms with Gasteiger partial charge >= 0.3 is 0 Å². The van der Waals surface area contributed by atoms with E-state index in [4.69, 9.17) is 4.98 Å². The van der Waals surface area contributed by atoms with Gasteiger partial charge in [0.2, 0.25) is 0 Å². The number of hydrogen-bond acceptors (Lipinski definition) is 5. The lowest BCUT2D eigenvalue weighted by atomic mass is 10.2. The lowest BCUT2D eigenvalue weighted by Crippen LogP contribution is -2.27. The fraction of sp³-hybridized carbons (Fsp3) is 0.429. The predicted molar refractivity (Wildman–Crippen MR) is 117 cm³/mol. The van der Waals surface area contributed by atoms with E-state index >= 15 is 0 Å². The minimum atomic E-state index is -0.0423. The summed E-state index contributed by atoms with van der Waals surface area (Å²) >= 11 is 1.75. The minimum Gasteiger partial charge on any atom is -0.354 e. The average Bonchev–Trinajstić information content (AvgIpc) is 3.31. The summed E-state index contributed by atoms with van der Waals surface area (Å²) in [5.74, 6) is 1.01. The Bertz CT molecular complexity index is 916. The Hall–Kier alpha value is -2.38. The summed E-state index contributed by atoms with van der Waals surface area (Å²) in [5.41, 5.74) is 2.57. The lowest BCUT2D eigenvalue weighted by Gasteiger charge is -2.19. The third-order valence-corrected chi connectivity index (χ3v) is 5.52. The van der Waals surface area contributed by atoms with Crippen LogP contribution in [0.2, 0.25) is 0 Å². The van der Waals surface area contributed by atoms with Gasteiger partial charge in [0.1, 0.15) is 11.5 Å². The quantitative estimate of drug-likeness (QED) is 0.561. The standard InChI is InChI=1S/C21H29N5OS/c1-5-18-21(25(4)15-17-8-6-13-28-17)26-14-16(9-10-19(26)23-18)20(27)22-11-7-12-24(2)3/h6,8-10,13-14H,5,7,11-12,15H2,1-4H3,(H,22,27). The third kappa shape index (κ3) is 4.72. The topological polar surface area (TPSA) is 52.9 Å². The normalized spacial score (nSPS) is 11.3. The van der Waals surface area contributed by atoms with Crippen molar-refractivity contribution < 1.29 is 4.79 Å². The maximum atomic E-state index is 12.6. The van der Waals surface area contributed by atoms with E-state index in [1.54, 1.807) is 11.3 Å². The molecule has 3 heterocycles. The zero-order valence-electron chi connectivity index (χ0n) is 17.1. The molecule has 0 unspecified atom stereocenters. The number of rotatable bonds is 9. The number of anilines is 1. The summed E-state index contributed by atoms with van der Waals surface area (Å²) in [5, 5.41) is 5.11. The van der Waals surface area contributed by atoms with Gasteiger partial charge in [0.25, 0.3) is 5.91 Å². The molecule has 0 saturated heterocycles. The highest BCUT2D eigenvalue weighted by molar-refractivity contribution is 7.09. The number of thiophene rings is 1. The van der Waals surface area contributed by atoms with Gasteiger partial charge in [-0.05, 0) is 57.1 Å². The van der Waals surface area contributed by atoms with Crippen molar-refractivity contribution in [3.63, 3.8) is 0 Å². The highest BCUT2D eigenvalue weighted by Gasteiger charge is 2.17. The van der Waals surface area contributed by atoms with E-state index in [0.29, 0.717) is 12.1 Å². The van der Waals surface area contributed by atoms with E-state index in [0.717, 1.165) is 43.1 Å². The number of pyridine rings is 1. The molecular weight excluding hydrogens is 370 g/mol. The van der Waals surface area contributed by atoms with Gasteiger partial charge in [0.05, 0.1) is 17.8 Å². The molecule has 28 heavy (non-hydrogen) atoms. The number of nitrogens with one attached hydrogen (secondary N) is 1. The van der Waals surface area contributed by atoms with Crippen LogP contribution in [-0.4, -0.2) is 54.4 Å². The molecule has 0 spiro atoms. The van der Waals surface area contributed by atoms with Crippen LogP contribution < -0.4 is 10.2 Å². The molecule has 7 heteroatoms. The SMILES string of the molecule is CCc1nc2ccc(C(=O)NCCCN(C)C)cn2c1N(C)Cc1cccs1. The van der Waals surface area contributed by atoms with Crippen LogP contribution in [0.1, 0.15) is 34.3 Å². The van der Waals surface area contributed by atoms with Gasteiger partial charge in [0, 0.05) is 24.7 Å². The molecule has 0 aromatic carbocycles. The summed E-state index contributed by atoms with van der Waals surface area (Å²) in [6.07, 6.45) is 3.68. The summed E-state index contributed by atoms with van der Waals surface area (Å²) in [4.78, 5) is 23.0. The molecule has 3 rings (SSSR count). The first-order valence-electron chi connectivity index (χ1n) is 9.67. The van der Waals surface area contributed by atoms with Crippen LogP contribution in [0.15, 0.2) is 35.8 Å². The van der Waals surface area contributed by atoms with Gasteiger partial charge < -0.3 is 15.1 Å². The highest BCUT2D eigenvalue weighted by atomic mass is 32.1. The number of aryl methyl sites for hydroxylation is 1. The van der Waals surface area contributed by atoms with Crippen molar-refractivity contribution in [1.29, 1.82) is 0 Å². The first-order valence-corrected chi connectivity index (χ1v) is 10.5. The number of nitrogens with zero attached hydrogens (tertiary/aromatic N) is 4. The maximum Gasteiger partial charge on any atom is 0.252 e. The van der Waals surface area contributed by atoms with Crippen molar-refractivity contribution in [2.24, 2.45) is 0 Å². The van der Waals surface area contributed by atoms with Crippen LogP contribution in [0.5, 0.6) is 0 Å². The molecule has 0 fully saturated rings. The Balaban J connectivity index is 1.82. The predicted octanol–water partition coefficient (Wildman–Crippen LogP) is 3.28. The summed E-state index contributed by atoms with van der Waals surface area (Å²) in [6, 6.07) is 7.99. The summed E-state index contributed by atoms with van der Waals surface area (Å²) in [6.45, 7) is 4.56. The number of carbonyl (C=O) groups excluding carboxylic acids is 1. The van der Waals surface area contributed by atoms with Crippen LogP contribution in [0.4, 0.5) is 5.82 Å². The second-order valence-corrected chi connectivity index (χ2v) is 8.26. The van der Waals surface area contributed by atoms with Crippen molar-refractivity contribution in [2.75, 3.05) is 39.1 Å². The zero-order valence-corrected chi connectivity index (χ0v) is 17.9. The van der Waals surface area contributed by atoms with Crippen molar-refractivity contribution >= 4 is 28.7 Å². The Labute approximate surface area is 170 Å². The Morgan fingerprint density at radius 3 is 2.75 bits per heavy atom. The number of carbonyl (C=O) groups is 1. The molecule has 0 aliphatic heterocycles. The first kappa shape index (κ1) is 20.4. The molecule has 0 aliphatic rings. The lowest BCUT2D eigenvalue weighted by molar-refractivity contribution is 0.0952. The average molecular weight is 400 g/mol. The van der Waals surface area contributed by atoms with E-state index in [9.17, 15) is 4.79 Å². The first-order chi connectivity index (χ1) is 13.5. The van der Waals surface area contributed by atoms with Crippen LogP contribution in [-0.2, 0) is 13.0 Å². The molecule has 150 valence electrons. The molecule has 3 aromatic heterocycles. The zero-order chi connectivity index (χ0) is 20.1. The monoisotopic (exact) mass is 399 g/mol. The third-order valence-electron chi connectivity index (χ3n) is 4.66. The van der Waals surface area contributed by atoms with Crippen molar-refractivity contribution in [3.05, 3.63) is 52.0 Å². The van der Waals surface area contributed by atoms with Crippen LogP contribution >= 0.6 is 11.3 Å². The number of imidazole rings is 1. The molecular formula is C21H29N5OS. The molecule has 6 nitrogen and oxygen atoms in total. The van der Waals surface area contributed by atoms with Crippen molar-refractivity contribution in [2.45, 2.75) is 26.3 Å². The summed E-state index contributed by atoms with van der Waals surface area (Å²) < 4.78 is 2.04. The molecule has 0 saturated carbocycles. The van der Waals surface area contributed by atoms with E-state index in [1.807, 2.05) is 36.8 Å². The van der Waals surface area contributed by atoms with E-state index in [-0.39, 0.29) is 5.91 Å². The Morgan fingerprint density at radius 2 is 2.07 bits per heavy atom. The number of aromatic nitrogens is 2. The second kappa shape index (κ2) is 9.21.